The summed E-state index contributed by atoms with van der Waals surface area (Å²) < 4.78 is 11.7. The van der Waals surface area contributed by atoms with Crippen molar-refractivity contribution in [2.75, 3.05) is 13.8 Å². The predicted octanol–water partition coefficient (Wildman–Crippen LogP) is 3.19. The summed E-state index contributed by atoms with van der Waals surface area (Å²) in [6.45, 7) is 4.54. The van der Waals surface area contributed by atoms with Crippen molar-refractivity contribution in [1.29, 1.82) is 0 Å². The molecule has 0 bridgehead atoms. The van der Waals surface area contributed by atoms with Crippen LogP contribution < -0.4 is 14.8 Å². The van der Waals surface area contributed by atoms with Crippen LogP contribution in [0.25, 0.3) is 6.08 Å². The number of ether oxygens (including phenoxy) is 2. The zero-order valence-corrected chi connectivity index (χ0v) is 11.8. The number of hydrogen-bond acceptors (Lipinski definition) is 3. The predicted molar refractivity (Wildman–Crippen MR) is 72.4 cm³/mol. The van der Waals surface area contributed by atoms with E-state index in [2.05, 4.69) is 41.2 Å². The van der Waals surface area contributed by atoms with E-state index in [4.69, 9.17) is 9.47 Å². The first-order valence-electron chi connectivity index (χ1n) is 5.56. The van der Waals surface area contributed by atoms with E-state index in [1.165, 1.54) is 5.57 Å². The third-order valence-electron chi connectivity index (χ3n) is 2.96. The van der Waals surface area contributed by atoms with Gasteiger partial charge in [0.05, 0.1) is 4.47 Å². The van der Waals surface area contributed by atoms with Crippen molar-refractivity contribution in [3.63, 3.8) is 0 Å². The molecule has 0 fully saturated rings. The minimum absolute atomic E-state index is 0.299. The van der Waals surface area contributed by atoms with Crippen LogP contribution in [-0.4, -0.2) is 19.9 Å². The second-order valence-electron chi connectivity index (χ2n) is 4.14. The lowest BCUT2D eigenvalue weighted by Gasteiger charge is -2.11. The third-order valence-corrected chi connectivity index (χ3v) is 3.55. The minimum Gasteiger partial charge on any atom is -0.454 e. The number of fused-ring (bicyclic) bond motifs is 1. The van der Waals surface area contributed by atoms with Gasteiger partial charge < -0.3 is 14.8 Å². The van der Waals surface area contributed by atoms with Crippen molar-refractivity contribution in [2.24, 2.45) is 0 Å². The van der Waals surface area contributed by atoms with Gasteiger partial charge in [0.25, 0.3) is 0 Å². The molecule has 0 radical (unpaired) electrons. The molecular weight excluding hydrogens is 282 g/mol. The average molecular weight is 298 g/mol. The van der Waals surface area contributed by atoms with Crippen molar-refractivity contribution in [3.8, 4) is 11.5 Å². The van der Waals surface area contributed by atoms with Crippen LogP contribution >= 0.6 is 15.9 Å². The molecule has 1 aliphatic heterocycles. The molecule has 1 unspecified atom stereocenters. The normalized spacial score (nSPS) is 16.1. The van der Waals surface area contributed by atoms with E-state index in [1.807, 2.05) is 19.2 Å². The van der Waals surface area contributed by atoms with Gasteiger partial charge in [-0.1, -0.05) is 11.6 Å². The Hall–Kier alpha value is -1.00. The largest absolute Gasteiger partial charge is 0.454 e. The Kier molecular flexibility index (Phi) is 3.74. The van der Waals surface area contributed by atoms with Gasteiger partial charge in [0.2, 0.25) is 6.79 Å². The lowest BCUT2D eigenvalue weighted by atomic mass is 10.1. The Balaban J connectivity index is 2.32. The minimum atomic E-state index is 0.299. The molecule has 0 amide bonds. The molecule has 0 aromatic heterocycles. The van der Waals surface area contributed by atoms with Gasteiger partial charge in [0.1, 0.15) is 0 Å². The maximum atomic E-state index is 5.39. The average Bonchev–Trinajstić information content (AvgIpc) is 2.76. The molecule has 17 heavy (non-hydrogen) atoms. The molecule has 1 heterocycles. The summed E-state index contributed by atoms with van der Waals surface area (Å²) in [7, 11) is 1.96. The fraction of sp³-hybridized carbons (Fsp3) is 0.385. The quantitative estimate of drug-likeness (QED) is 0.929. The molecule has 0 aliphatic carbocycles. The maximum Gasteiger partial charge on any atom is 0.231 e. The van der Waals surface area contributed by atoms with Crippen LogP contribution in [0.5, 0.6) is 11.5 Å². The molecule has 2 rings (SSSR count). The summed E-state index contributed by atoms with van der Waals surface area (Å²) in [5.41, 5.74) is 2.39. The van der Waals surface area contributed by atoms with Crippen molar-refractivity contribution in [1.82, 2.24) is 5.32 Å². The van der Waals surface area contributed by atoms with Crippen LogP contribution in [0.3, 0.4) is 0 Å². The van der Waals surface area contributed by atoms with Gasteiger partial charge in [-0.3, -0.25) is 0 Å². The number of hydrogen-bond donors (Lipinski definition) is 1. The second kappa shape index (κ2) is 5.10. The molecule has 1 aromatic carbocycles. The summed E-state index contributed by atoms with van der Waals surface area (Å²) in [4.78, 5) is 0. The van der Waals surface area contributed by atoms with Crippen LogP contribution in [-0.2, 0) is 0 Å². The molecule has 4 heteroatoms. The molecular formula is C13H16BrNO2. The first kappa shape index (κ1) is 12.5. The summed E-state index contributed by atoms with van der Waals surface area (Å²) in [6.07, 6.45) is 2.15. The number of rotatable bonds is 3. The van der Waals surface area contributed by atoms with E-state index in [-0.39, 0.29) is 0 Å². The van der Waals surface area contributed by atoms with Crippen molar-refractivity contribution >= 4 is 22.0 Å². The highest BCUT2D eigenvalue weighted by Gasteiger charge is 2.17. The Morgan fingerprint density at radius 1 is 1.47 bits per heavy atom. The van der Waals surface area contributed by atoms with Crippen molar-refractivity contribution in [3.05, 3.63) is 27.7 Å². The van der Waals surface area contributed by atoms with E-state index in [9.17, 15) is 0 Å². The topological polar surface area (TPSA) is 30.5 Å². The highest BCUT2D eigenvalue weighted by atomic mass is 79.9. The fourth-order valence-electron chi connectivity index (χ4n) is 1.69. The molecule has 1 N–H and O–H groups in total. The SMILES string of the molecule is CNC(C)/C(C)=C/c1cc(Br)c2c(c1)OCO2. The van der Waals surface area contributed by atoms with Gasteiger partial charge in [-0.25, -0.2) is 0 Å². The summed E-state index contributed by atoms with van der Waals surface area (Å²) in [5, 5.41) is 3.22. The molecule has 1 aliphatic rings. The molecule has 3 nitrogen and oxygen atoms in total. The zero-order valence-electron chi connectivity index (χ0n) is 10.2. The van der Waals surface area contributed by atoms with Crippen LogP contribution in [0, 0.1) is 0 Å². The van der Waals surface area contributed by atoms with Gasteiger partial charge in [-0.05, 0) is 54.5 Å². The van der Waals surface area contributed by atoms with Crippen molar-refractivity contribution < 1.29 is 9.47 Å². The smallest absolute Gasteiger partial charge is 0.231 e. The number of likely N-dealkylation sites (N-methyl/N-ethyl adjacent to an activating group) is 1. The van der Waals surface area contributed by atoms with E-state index in [1.54, 1.807) is 0 Å². The van der Waals surface area contributed by atoms with Gasteiger partial charge in [-0.15, -0.1) is 0 Å². The Morgan fingerprint density at radius 3 is 2.94 bits per heavy atom. The van der Waals surface area contributed by atoms with Crippen molar-refractivity contribution in [2.45, 2.75) is 19.9 Å². The van der Waals surface area contributed by atoms with Crippen LogP contribution in [0.15, 0.2) is 22.2 Å². The fourth-order valence-corrected chi connectivity index (χ4v) is 2.26. The van der Waals surface area contributed by atoms with Gasteiger partial charge in [-0.2, -0.15) is 0 Å². The van der Waals surface area contributed by atoms with Gasteiger partial charge in [0.15, 0.2) is 11.5 Å². The second-order valence-corrected chi connectivity index (χ2v) is 4.99. The van der Waals surface area contributed by atoms with Gasteiger partial charge in [0, 0.05) is 6.04 Å². The monoisotopic (exact) mass is 297 g/mol. The van der Waals surface area contributed by atoms with E-state index >= 15 is 0 Å². The first-order valence-corrected chi connectivity index (χ1v) is 6.35. The van der Waals surface area contributed by atoms with E-state index in [0.29, 0.717) is 12.8 Å². The van der Waals surface area contributed by atoms with E-state index < -0.39 is 0 Å². The lowest BCUT2D eigenvalue weighted by Crippen LogP contribution is -2.21. The van der Waals surface area contributed by atoms with Crippen LogP contribution in [0.4, 0.5) is 0 Å². The Labute approximate surface area is 110 Å². The number of nitrogens with one attached hydrogen (secondary N) is 1. The highest BCUT2D eigenvalue weighted by Crippen LogP contribution is 2.40. The summed E-state index contributed by atoms with van der Waals surface area (Å²) in [5.74, 6) is 1.59. The molecule has 0 saturated carbocycles. The standard InChI is InChI=1S/C13H16BrNO2/c1-8(9(2)15-3)4-10-5-11(14)13-12(6-10)16-7-17-13/h4-6,9,15H,7H2,1-3H3/b8-4+. The highest BCUT2D eigenvalue weighted by molar-refractivity contribution is 9.10. The van der Waals surface area contributed by atoms with E-state index in [0.717, 1.165) is 21.5 Å². The molecule has 0 spiro atoms. The molecule has 0 saturated heterocycles. The molecule has 1 atom stereocenters. The lowest BCUT2D eigenvalue weighted by molar-refractivity contribution is 0.173. The first-order chi connectivity index (χ1) is 8.11. The van der Waals surface area contributed by atoms with Crippen LogP contribution in [0.1, 0.15) is 19.4 Å². The van der Waals surface area contributed by atoms with Gasteiger partial charge >= 0.3 is 0 Å². The third kappa shape index (κ3) is 2.64. The summed E-state index contributed by atoms with van der Waals surface area (Å²) >= 11 is 3.49. The zero-order chi connectivity index (χ0) is 12.4. The molecule has 92 valence electrons. The summed E-state index contributed by atoms with van der Waals surface area (Å²) in [6, 6.07) is 4.40. The number of benzene rings is 1. The van der Waals surface area contributed by atoms with Crippen LogP contribution in [0.2, 0.25) is 0 Å². The number of halogens is 1. The Morgan fingerprint density at radius 2 is 2.24 bits per heavy atom. The molecule has 1 aromatic rings. The maximum absolute atomic E-state index is 5.39. The Bertz CT molecular complexity index is 457.